The van der Waals surface area contributed by atoms with Gasteiger partial charge in [0.05, 0.1) is 13.3 Å². The molecule has 0 saturated carbocycles. The van der Waals surface area contributed by atoms with Crippen LogP contribution in [0.3, 0.4) is 0 Å². The van der Waals surface area contributed by atoms with Crippen LogP contribution in [0.4, 0.5) is 5.82 Å². The van der Waals surface area contributed by atoms with Gasteiger partial charge in [0.25, 0.3) is 0 Å². The molecule has 6 nitrogen and oxygen atoms in total. The summed E-state index contributed by atoms with van der Waals surface area (Å²) in [5.74, 6) is -0.450. The van der Waals surface area contributed by atoms with Crippen LogP contribution in [0.25, 0.3) is 0 Å². The van der Waals surface area contributed by atoms with Crippen LogP contribution in [-0.2, 0) is 0 Å². The van der Waals surface area contributed by atoms with Gasteiger partial charge in [-0.05, 0) is 19.3 Å². The van der Waals surface area contributed by atoms with Gasteiger partial charge >= 0.3 is 5.97 Å². The Bertz CT molecular complexity index is 416. The van der Waals surface area contributed by atoms with E-state index >= 15 is 0 Å². The standard InChI is InChI=1S/C11H15N3O3/c1-17-10-9(11(15)16)13-8(7-12-10)14-5-3-2-4-6-14/h7H,2-6H2,1H3,(H,15,16). The Morgan fingerprint density at radius 2 is 2.12 bits per heavy atom. The zero-order valence-corrected chi connectivity index (χ0v) is 9.72. The van der Waals surface area contributed by atoms with Crippen molar-refractivity contribution in [3.63, 3.8) is 0 Å². The van der Waals surface area contributed by atoms with E-state index in [9.17, 15) is 4.79 Å². The molecule has 0 aromatic carbocycles. The van der Waals surface area contributed by atoms with Crippen LogP contribution in [-0.4, -0.2) is 41.2 Å². The van der Waals surface area contributed by atoms with Crippen molar-refractivity contribution in [2.75, 3.05) is 25.1 Å². The quantitative estimate of drug-likeness (QED) is 0.850. The first-order valence-corrected chi connectivity index (χ1v) is 5.61. The van der Waals surface area contributed by atoms with Gasteiger partial charge in [-0.15, -0.1) is 0 Å². The monoisotopic (exact) mass is 237 g/mol. The summed E-state index contributed by atoms with van der Waals surface area (Å²) in [5, 5.41) is 9.02. The Hall–Kier alpha value is -1.85. The zero-order chi connectivity index (χ0) is 12.3. The molecule has 1 aliphatic heterocycles. The van der Waals surface area contributed by atoms with Gasteiger partial charge in [0.1, 0.15) is 5.82 Å². The van der Waals surface area contributed by atoms with Crippen LogP contribution in [0.5, 0.6) is 5.88 Å². The van der Waals surface area contributed by atoms with E-state index in [4.69, 9.17) is 9.84 Å². The number of carboxylic acids is 1. The number of nitrogens with zero attached hydrogens (tertiary/aromatic N) is 3. The molecule has 0 aliphatic carbocycles. The lowest BCUT2D eigenvalue weighted by molar-refractivity contribution is 0.0685. The van der Waals surface area contributed by atoms with E-state index in [2.05, 4.69) is 14.9 Å². The Morgan fingerprint density at radius 1 is 1.41 bits per heavy atom. The van der Waals surface area contributed by atoms with Gasteiger partial charge in [-0.2, -0.15) is 0 Å². The molecule has 17 heavy (non-hydrogen) atoms. The summed E-state index contributed by atoms with van der Waals surface area (Å²) >= 11 is 0. The Labute approximate surface area is 99.2 Å². The van der Waals surface area contributed by atoms with Crippen molar-refractivity contribution >= 4 is 11.8 Å². The highest BCUT2D eigenvalue weighted by Crippen LogP contribution is 2.20. The molecule has 0 spiro atoms. The summed E-state index contributed by atoms with van der Waals surface area (Å²) in [6.45, 7) is 1.81. The SMILES string of the molecule is COc1ncc(N2CCCCC2)nc1C(=O)O. The van der Waals surface area contributed by atoms with Crippen LogP contribution >= 0.6 is 0 Å². The van der Waals surface area contributed by atoms with Crippen molar-refractivity contribution in [1.29, 1.82) is 0 Å². The first-order chi connectivity index (χ1) is 8.22. The van der Waals surface area contributed by atoms with Crippen molar-refractivity contribution < 1.29 is 14.6 Å². The number of carboxylic acid groups (broad SMARTS) is 1. The van der Waals surface area contributed by atoms with Crippen LogP contribution in [0.15, 0.2) is 6.20 Å². The van der Waals surface area contributed by atoms with E-state index in [0.29, 0.717) is 5.82 Å². The molecule has 1 aromatic heterocycles. The summed E-state index contributed by atoms with van der Waals surface area (Å²) in [6.07, 6.45) is 4.99. The molecule has 0 radical (unpaired) electrons. The van der Waals surface area contributed by atoms with E-state index in [1.807, 2.05) is 0 Å². The molecular weight excluding hydrogens is 222 g/mol. The minimum Gasteiger partial charge on any atom is -0.479 e. The van der Waals surface area contributed by atoms with Gasteiger partial charge in [0.15, 0.2) is 0 Å². The molecule has 1 N–H and O–H groups in total. The number of anilines is 1. The number of hydrogen-bond donors (Lipinski definition) is 1. The van der Waals surface area contributed by atoms with E-state index in [-0.39, 0.29) is 11.6 Å². The number of aromatic carboxylic acids is 1. The summed E-state index contributed by atoms with van der Waals surface area (Å²) in [5.41, 5.74) is -0.129. The summed E-state index contributed by atoms with van der Waals surface area (Å²) < 4.78 is 4.88. The third kappa shape index (κ3) is 2.46. The minimum absolute atomic E-state index is 0.0539. The second-order valence-corrected chi connectivity index (χ2v) is 3.94. The van der Waals surface area contributed by atoms with Crippen LogP contribution in [0.1, 0.15) is 29.8 Å². The zero-order valence-electron chi connectivity index (χ0n) is 9.72. The maximum Gasteiger partial charge on any atom is 0.360 e. The normalized spacial score (nSPS) is 15.7. The third-order valence-corrected chi connectivity index (χ3v) is 2.80. The first-order valence-electron chi connectivity index (χ1n) is 5.61. The van der Waals surface area contributed by atoms with Gasteiger partial charge in [-0.1, -0.05) is 0 Å². The van der Waals surface area contributed by atoms with E-state index in [1.165, 1.54) is 13.5 Å². The summed E-state index contributed by atoms with van der Waals surface area (Å²) in [7, 11) is 1.39. The lowest BCUT2D eigenvalue weighted by Crippen LogP contribution is -2.30. The van der Waals surface area contributed by atoms with Gasteiger partial charge < -0.3 is 14.7 Å². The van der Waals surface area contributed by atoms with Gasteiger partial charge in [-0.3, -0.25) is 0 Å². The first kappa shape index (κ1) is 11.6. The molecule has 1 aliphatic rings. The molecule has 2 heterocycles. The number of aromatic nitrogens is 2. The molecule has 1 fully saturated rings. The van der Waals surface area contributed by atoms with E-state index in [0.717, 1.165) is 25.9 Å². The highest BCUT2D eigenvalue weighted by molar-refractivity contribution is 5.88. The fourth-order valence-corrected chi connectivity index (χ4v) is 1.93. The highest BCUT2D eigenvalue weighted by Gasteiger charge is 2.19. The highest BCUT2D eigenvalue weighted by atomic mass is 16.5. The molecule has 0 unspecified atom stereocenters. The molecule has 92 valence electrons. The lowest BCUT2D eigenvalue weighted by atomic mass is 10.1. The topological polar surface area (TPSA) is 75.5 Å². The second kappa shape index (κ2) is 4.99. The average molecular weight is 237 g/mol. The number of hydrogen-bond acceptors (Lipinski definition) is 5. The van der Waals surface area contributed by atoms with Crippen molar-refractivity contribution in [2.24, 2.45) is 0 Å². The van der Waals surface area contributed by atoms with Crippen LogP contribution in [0, 0.1) is 0 Å². The van der Waals surface area contributed by atoms with Gasteiger partial charge in [0, 0.05) is 13.1 Å². The van der Waals surface area contributed by atoms with Crippen LogP contribution < -0.4 is 9.64 Å². The van der Waals surface area contributed by atoms with Crippen molar-refractivity contribution in [2.45, 2.75) is 19.3 Å². The molecule has 2 rings (SSSR count). The molecular formula is C11H15N3O3. The smallest absolute Gasteiger partial charge is 0.360 e. The maximum atomic E-state index is 11.0. The lowest BCUT2D eigenvalue weighted by Gasteiger charge is -2.27. The van der Waals surface area contributed by atoms with Gasteiger partial charge in [0.2, 0.25) is 11.6 Å². The van der Waals surface area contributed by atoms with Gasteiger partial charge in [-0.25, -0.2) is 14.8 Å². The Balaban J connectivity index is 2.29. The van der Waals surface area contributed by atoms with E-state index in [1.54, 1.807) is 6.20 Å². The van der Waals surface area contributed by atoms with Crippen molar-refractivity contribution in [3.05, 3.63) is 11.9 Å². The average Bonchev–Trinajstić information content (AvgIpc) is 2.39. The molecule has 0 bridgehead atoms. The number of ether oxygens (including phenoxy) is 1. The fraction of sp³-hybridized carbons (Fsp3) is 0.545. The number of carbonyl (C=O) groups is 1. The predicted molar refractivity (Wildman–Crippen MR) is 61.6 cm³/mol. The maximum absolute atomic E-state index is 11.0. The Morgan fingerprint density at radius 3 is 2.71 bits per heavy atom. The second-order valence-electron chi connectivity index (χ2n) is 3.94. The number of piperidine rings is 1. The fourth-order valence-electron chi connectivity index (χ4n) is 1.93. The Kier molecular flexibility index (Phi) is 3.41. The predicted octanol–water partition coefficient (Wildman–Crippen LogP) is 1.17. The van der Waals surface area contributed by atoms with Crippen molar-refractivity contribution in [1.82, 2.24) is 9.97 Å². The minimum atomic E-state index is -1.12. The summed E-state index contributed by atoms with van der Waals surface area (Å²) in [4.78, 5) is 21.2. The third-order valence-electron chi connectivity index (χ3n) is 2.80. The largest absolute Gasteiger partial charge is 0.479 e. The number of methoxy groups -OCH3 is 1. The molecule has 1 aromatic rings. The molecule has 1 saturated heterocycles. The molecule has 6 heteroatoms. The van der Waals surface area contributed by atoms with Crippen LogP contribution in [0.2, 0.25) is 0 Å². The van der Waals surface area contributed by atoms with Crippen molar-refractivity contribution in [3.8, 4) is 5.88 Å². The molecule has 0 amide bonds. The van der Waals surface area contributed by atoms with E-state index < -0.39 is 5.97 Å². The summed E-state index contributed by atoms with van der Waals surface area (Å²) in [6, 6.07) is 0. The number of rotatable bonds is 3. The molecule has 0 atom stereocenters.